The van der Waals surface area contributed by atoms with Crippen LogP contribution >= 0.6 is 31.9 Å². The largest absolute Gasteiger partial charge is 0.497 e. The molecule has 2 heterocycles. The number of hydrogen-bond acceptors (Lipinski definition) is 6. The number of piperidine rings is 2. The molecule has 1 aromatic rings. The Hall–Kier alpha value is -1.94. The van der Waals surface area contributed by atoms with Gasteiger partial charge in [0, 0.05) is 29.8 Å². The van der Waals surface area contributed by atoms with Crippen LogP contribution in [0.5, 0.6) is 11.5 Å². The van der Waals surface area contributed by atoms with Crippen LogP contribution in [0.25, 0.3) is 0 Å². The van der Waals surface area contributed by atoms with E-state index in [9.17, 15) is 19.2 Å². The Morgan fingerprint density at radius 1 is 0.926 bits per heavy atom. The molecule has 3 rings (SSSR count). The van der Waals surface area contributed by atoms with Gasteiger partial charge in [0.25, 0.3) is 5.91 Å². The number of ether oxygens (including phenoxy) is 2. The van der Waals surface area contributed by atoms with Gasteiger partial charge < -0.3 is 9.47 Å². The molecule has 27 heavy (non-hydrogen) atoms. The lowest BCUT2D eigenvalue weighted by Crippen LogP contribution is -2.46. The molecule has 0 saturated carbocycles. The van der Waals surface area contributed by atoms with E-state index in [0.717, 1.165) is 4.47 Å². The highest BCUT2D eigenvalue weighted by Crippen LogP contribution is 2.27. The molecule has 2 aliphatic heterocycles. The van der Waals surface area contributed by atoms with Gasteiger partial charge >= 0.3 is 0 Å². The van der Waals surface area contributed by atoms with E-state index < -0.39 is 12.0 Å². The van der Waals surface area contributed by atoms with Gasteiger partial charge in [-0.05, 0) is 18.6 Å². The predicted molar refractivity (Wildman–Crippen MR) is 103 cm³/mol. The molecule has 0 aliphatic carbocycles. The first-order valence-electron chi connectivity index (χ1n) is 8.11. The number of nitrogens with one attached hydrogen (secondary N) is 2. The summed E-state index contributed by atoms with van der Waals surface area (Å²) in [6.07, 6.45) is 1.11. The average Bonchev–Trinajstić information content (AvgIpc) is 2.61. The fraction of sp³-hybridized carbons (Fsp3) is 0.412. The molecule has 0 spiro atoms. The zero-order valence-electron chi connectivity index (χ0n) is 14.4. The first-order chi connectivity index (χ1) is 12.8. The number of amides is 4. The van der Waals surface area contributed by atoms with E-state index in [1.54, 1.807) is 25.3 Å². The van der Waals surface area contributed by atoms with E-state index in [0.29, 0.717) is 37.2 Å². The van der Waals surface area contributed by atoms with Crippen molar-refractivity contribution < 1.29 is 28.7 Å². The summed E-state index contributed by atoms with van der Waals surface area (Å²) >= 11 is 6.45. The summed E-state index contributed by atoms with van der Waals surface area (Å²) in [6, 6.07) is 5.22. The molecule has 8 nitrogen and oxygen atoms in total. The van der Waals surface area contributed by atoms with E-state index >= 15 is 0 Å². The molecule has 2 N–H and O–H groups in total. The number of carbonyl (C=O) groups is 4. The van der Waals surface area contributed by atoms with Crippen molar-refractivity contribution in [3.05, 3.63) is 22.7 Å². The molecule has 0 bridgehead atoms. The number of alkyl halides is 1. The van der Waals surface area contributed by atoms with Crippen LogP contribution in [-0.4, -0.2) is 41.7 Å². The lowest BCUT2D eigenvalue weighted by molar-refractivity contribution is -0.139. The predicted octanol–water partition coefficient (Wildman–Crippen LogP) is 1.83. The zero-order chi connectivity index (χ0) is 20.0. The van der Waals surface area contributed by atoms with Gasteiger partial charge in [-0.2, -0.15) is 0 Å². The van der Waals surface area contributed by atoms with Gasteiger partial charge in [-0.15, -0.1) is 0 Å². The third kappa shape index (κ3) is 6.62. The first-order valence-corrected chi connectivity index (χ1v) is 9.82. The number of halogens is 2. The van der Waals surface area contributed by atoms with E-state index in [-0.39, 0.29) is 22.5 Å². The summed E-state index contributed by atoms with van der Waals surface area (Å²) in [7, 11) is 1.55. The summed E-state index contributed by atoms with van der Waals surface area (Å²) in [5, 5.41) is 4.45. The summed E-state index contributed by atoms with van der Waals surface area (Å²) in [5.74, 6) is 0.112. The smallest absolute Gasteiger partial charge is 0.267 e. The summed E-state index contributed by atoms with van der Waals surface area (Å²) in [4.78, 5) is 43.5. The Morgan fingerprint density at radius 2 is 1.52 bits per heavy atom. The molecular formula is C17H18Br2N2O6. The molecule has 0 radical (unpaired) electrons. The van der Waals surface area contributed by atoms with E-state index in [1.165, 1.54) is 0 Å². The number of carbonyl (C=O) groups excluding carboxylic acids is 4. The van der Waals surface area contributed by atoms with Crippen LogP contribution < -0.4 is 20.1 Å². The fourth-order valence-electron chi connectivity index (χ4n) is 2.34. The van der Waals surface area contributed by atoms with Gasteiger partial charge in [-0.25, -0.2) is 0 Å². The SMILES string of the molecule is COc1cc(Br)cc(OC2CCC(=O)NC2=O)c1.O=C1CCC(Br)C(=O)N1. The first kappa shape index (κ1) is 21.4. The minimum Gasteiger partial charge on any atom is -0.497 e. The van der Waals surface area contributed by atoms with E-state index in [2.05, 4.69) is 42.5 Å². The normalized spacial score (nSPS) is 22.2. The number of methoxy groups -OCH3 is 1. The lowest BCUT2D eigenvalue weighted by Gasteiger charge is -2.22. The molecular weight excluding hydrogens is 488 g/mol. The monoisotopic (exact) mass is 504 g/mol. The quantitative estimate of drug-likeness (QED) is 0.479. The molecule has 4 amide bonds. The van der Waals surface area contributed by atoms with Gasteiger partial charge in [0.2, 0.25) is 17.7 Å². The molecule has 2 unspecified atom stereocenters. The van der Waals surface area contributed by atoms with E-state index in [1.807, 2.05) is 0 Å². The Morgan fingerprint density at radius 3 is 2.07 bits per heavy atom. The summed E-state index contributed by atoms with van der Waals surface area (Å²) < 4.78 is 11.5. The Balaban J connectivity index is 0.000000244. The number of hydrogen-bond donors (Lipinski definition) is 2. The Labute approximate surface area is 172 Å². The zero-order valence-corrected chi connectivity index (χ0v) is 17.6. The Bertz CT molecular complexity index is 755. The van der Waals surface area contributed by atoms with Crippen LogP contribution in [0.4, 0.5) is 0 Å². The van der Waals surface area contributed by atoms with Crippen LogP contribution in [0, 0.1) is 0 Å². The van der Waals surface area contributed by atoms with Crippen molar-refractivity contribution in [3.8, 4) is 11.5 Å². The number of benzene rings is 1. The second-order valence-electron chi connectivity index (χ2n) is 5.80. The van der Waals surface area contributed by atoms with Crippen LogP contribution in [0.3, 0.4) is 0 Å². The summed E-state index contributed by atoms with van der Waals surface area (Å²) in [5.41, 5.74) is 0. The van der Waals surface area contributed by atoms with Crippen molar-refractivity contribution >= 4 is 55.5 Å². The Kier molecular flexibility index (Phi) is 7.78. The molecule has 146 valence electrons. The van der Waals surface area contributed by atoms with Crippen LogP contribution in [0.1, 0.15) is 25.7 Å². The highest BCUT2D eigenvalue weighted by atomic mass is 79.9. The van der Waals surface area contributed by atoms with Gasteiger partial charge in [0.1, 0.15) is 11.5 Å². The lowest BCUT2D eigenvalue weighted by atomic mass is 10.1. The highest BCUT2D eigenvalue weighted by molar-refractivity contribution is 9.10. The maximum Gasteiger partial charge on any atom is 0.267 e. The number of imide groups is 2. The molecule has 1 aromatic carbocycles. The molecule has 2 atom stereocenters. The van der Waals surface area contributed by atoms with Gasteiger partial charge in [-0.3, -0.25) is 29.8 Å². The van der Waals surface area contributed by atoms with Gasteiger partial charge in [-0.1, -0.05) is 31.9 Å². The standard InChI is InChI=1S/C12H12BrNO4.C5H6BrNO2/c1-17-8-4-7(13)5-9(6-8)18-10-2-3-11(15)14-12(10)16;6-3-1-2-4(8)7-5(3)9/h4-6,10H,2-3H2,1H3,(H,14,15,16);3H,1-2H2,(H,7,8,9). The minimum absolute atomic E-state index is 0.171. The molecule has 10 heteroatoms. The topological polar surface area (TPSA) is 111 Å². The highest BCUT2D eigenvalue weighted by Gasteiger charge is 2.28. The van der Waals surface area contributed by atoms with Gasteiger partial charge in [0.15, 0.2) is 6.10 Å². The van der Waals surface area contributed by atoms with Crippen molar-refractivity contribution in [2.45, 2.75) is 36.6 Å². The van der Waals surface area contributed by atoms with Crippen molar-refractivity contribution in [2.24, 2.45) is 0 Å². The molecule has 2 aliphatic rings. The third-order valence-corrected chi connectivity index (χ3v) is 5.05. The molecule has 2 fully saturated rings. The van der Waals surface area contributed by atoms with Crippen molar-refractivity contribution in [1.29, 1.82) is 0 Å². The third-order valence-electron chi connectivity index (χ3n) is 3.72. The van der Waals surface area contributed by atoms with Crippen LogP contribution in [0.2, 0.25) is 0 Å². The second kappa shape index (κ2) is 9.84. The van der Waals surface area contributed by atoms with Crippen LogP contribution in [-0.2, 0) is 19.2 Å². The van der Waals surface area contributed by atoms with Crippen molar-refractivity contribution in [2.75, 3.05) is 7.11 Å². The average molecular weight is 506 g/mol. The molecule has 0 aromatic heterocycles. The summed E-state index contributed by atoms with van der Waals surface area (Å²) in [6.45, 7) is 0. The van der Waals surface area contributed by atoms with Crippen molar-refractivity contribution in [1.82, 2.24) is 10.6 Å². The van der Waals surface area contributed by atoms with Crippen LogP contribution in [0.15, 0.2) is 22.7 Å². The second-order valence-corrected chi connectivity index (χ2v) is 7.82. The molecule has 2 saturated heterocycles. The fourth-order valence-corrected chi connectivity index (χ4v) is 3.14. The number of rotatable bonds is 3. The van der Waals surface area contributed by atoms with Crippen molar-refractivity contribution in [3.63, 3.8) is 0 Å². The van der Waals surface area contributed by atoms with Gasteiger partial charge in [0.05, 0.1) is 11.9 Å². The minimum atomic E-state index is -0.637. The van der Waals surface area contributed by atoms with E-state index in [4.69, 9.17) is 9.47 Å². The maximum absolute atomic E-state index is 11.5. The maximum atomic E-state index is 11.5.